The number of carbonyl (C=O) groups is 1. The minimum Gasteiger partial charge on any atom is -0.497 e. The lowest BCUT2D eigenvalue weighted by Gasteiger charge is -2.28. The highest BCUT2D eigenvalue weighted by Crippen LogP contribution is 2.27. The number of likely N-dealkylation sites (tertiary alicyclic amines) is 1. The molecule has 0 spiro atoms. The smallest absolute Gasteiger partial charge is 0.234 e. The molecule has 1 unspecified atom stereocenters. The molecule has 0 aromatic heterocycles. The van der Waals surface area contributed by atoms with E-state index in [4.69, 9.17) is 4.74 Å². The zero-order valence-electron chi connectivity index (χ0n) is 15.4. The Hall–Kier alpha value is -1.01. The molecule has 0 bridgehead atoms. The van der Waals surface area contributed by atoms with E-state index in [2.05, 4.69) is 27.7 Å². The number of hydrogen-bond acceptors (Lipinski definition) is 4. The van der Waals surface area contributed by atoms with E-state index in [0.29, 0.717) is 13.1 Å². The van der Waals surface area contributed by atoms with Gasteiger partial charge in [-0.1, -0.05) is 12.1 Å². The van der Waals surface area contributed by atoms with Crippen molar-refractivity contribution in [2.45, 2.75) is 31.7 Å². The molecule has 148 valence electrons. The summed E-state index contributed by atoms with van der Waals surface area (Å²) in [5.41, 5.74) is 1.24. The largest absolute Gasteiger partial charge is 0.497 e. The quantitative estimate of drug-likeness (QED) is 0.665. The SMILES string of the molecule is COc1ccc(C(CNC(=O)CNCC2CC2)N2CCCC2)cc1.Cl.Cl. The first-order chi connectivity index (χ1) is 11.8. The van der Waals surface area contributed by atoms with Crippen molar-refractivity contribution in [1.82, 2.24) is 15.5 Å². The van der Waals surface area contributed by atoms with Crippen molar-refractivity contribution in [2.75, 3.05) is 39.8 Å². The molecular formula is C19H31Cl2N3O2. The lowest BCUT2D eigenvalue weighted by atomic mass is 10.1. The molecular weight excluding hydrogens is 373 g/mol. The standard InChI is InChI=1S/C19H29N3O2.2ClH/c1-24-17-8-6-16(7-9-17)18(22-10-2-3-11-22)13-21-19(23)14-20-12-15-4-5-15;;/h6-9,15,18,20H,2-5,10-14H2,1H3,(H,21,23);2*1H. The molecule has 3 rings (SSSR count). The molecule has 1 saturated carbocycles. The zero-order chi connectivity index (χ0) is 16.8. The van der Waals surface area contributed by atoms with Gasteiger partial charge in [-0.05, 0) is 68.9 Å². The van der Waals surface area contributed by atoms with Crippen molar-refractivity contribution in [3.63, 3.8) is 0 Å². The number of carbonyl (C=O) groups excluding carboxylic acids is 1. The lowest BCUT2D eigenvalue weighted by molar-refractivity contribution is -0.120. The van der Waals surface area contributed by atoms with Crippen LogP contribution in [0.3, 0.4) is 0 Å². The van der Waals surface area contributed by atoms with Crippen molar-refractivity contribution in [3.8, 4) is 5.75 Å². The first-order valence-electron chi connectivity index (χ1n) is 9.11. The maximum Gasteiger partial charge on any atom is 0.234 e. The summed E-state index contributed by atoms with van der Waals surface area (Å²) in [6, 6.07) is 8.46. The van der Waals surface area contributed by atoms with E-state index in [1.54, 1.807) is 7.11 Å². The van der Waals surface area contributed by atoms with E-state index in [0.717, 1.165) is 31.3 Å². The average molecular weight is 404 g/mol. The fourth-order valence-electron chi connectivity index (χ4n) is 3.32. The van der Waals surface area contributed by atoms with Crippen LogP contribution >= 0.6 is 24.8 Å². The Bertz CT molecular complexity index is 532. The molecule has 5 nitrogen and oxygen atoms in total. The van der Waals surface area contributed by atoms with Gasteiger partial charge in [-0.3, -0.25) is 9.69 Å². The fourth-order valence-corrected chi connectivity index (χ4v) is 3.32. The third kappa shape index (κ3) is 6.95. The second-order valence-corrected chi connectivity index (χ2v) is 6.91. The average Bonchev–Trinajstić information content (AvgIpc) is 3.27. The van der Waals surface area contributed by atoms with Crippen LogP contribution < -0.4 is 15.4 Å². The van der Waals surface area contributed by atoms with Crippen molar-refractivity contribution in [3.05, 3.63) is 29.8 Å². The van der Waals surface area contributed by atoms with Crippen molar-refractivity contribution in [2.24, 2.45) is 5.92 Å². The number of amides is 1. The van der Waals surface area contributed by atoms with Crippen LogP contribution in [0.2, 0.25) is 0 Å². The number of methoxy groups -OCH3 is 1. The molecule has 2 aliphatic rings. The molecule has 1 atom stereocenters. The van der Waals surface area contributed by atoms with Gasteiger partial charge in [0.25, 0.3) is 0 Å². The summed E-state index contributed by atoms with van der Waals surface area (Å²) in [6.45, 7) is 4.27. The number of rotatable bonds is 9. The van der Waals surface area contributed by atoms with Gasteiger partial charge >= 0.3 is 0 Å². The maximum absolute atomic E-state index is 12.1. The third-order valence-electron chi connectivity index (χ3n) is 4.99. The van der Waals surface area contributed by atoms with Gasteiger partial charge in [-0.15, -0.1) is 24.8 Å². The Morgan fingerprint density at radius 2 is 1.85 bits per heavy atom. The van der Waals surface area contributed by atoms with E-state index in [-0.39, 0.29) is 36.8 Å². The van der Waals surface area contributed by atoms with E-state index in [1.165, 1.54) is 31.2 Å². The van der Waals surface area contributed by atoms with Crippen LogP contribution in [0.25, 0.3) is 0 Å². The van der Waals surface area contributed by atoms with Crippen molar-refractivity contribution < 1.29 is 9.53 Å². The number of benzene rings is 1. The number of nitrogens with one attached hydrogen (secondary N) is 2. The van der Waals surface area contributed by atoms with Gasteiger partial charge in [0.15, 0.2) is 0 Å². The summed E-state index contributed by atoms with van der Waals surface area (Å²) in [5.74, 6) is 1.76. The molecule has 2 N–H and O–H groups in total. The molecule has 1 aliphatic heterocycles. The van der Waals surface area contributed by atoms with Crippen molar-refractivity contribution >= 4 is 30.7 Å². The normalized spacial score (nSPS) is 17.7. The molecule has 0 radical (unpaired) electrons. The molecule has 26 heavy (non-hydrogen) atoms. The molecule has 1 heterocycles. The maximum atomic E-state index is 12.1. The highest BCUT2D eigenvalue weighted by atomic mass is 35.5. The summed E-state index contributed by atoms with van der Waals surface area (Å²) in [6.07, 6.45) is 5.10. The predicted molar refractivity (Wildman–Crippen MR) is 110 cm³/mol. The van der Waals surface area contributed by atoms with Gasteiger partial charge < -0.3 is 15.4 Å². The van der Waals surface area contributed by atoms with Crippen LogP contribution in [0, 0.1) is 5.92 Å². The fraction of sp³-hybridized carbons (Fsp3) is 0.632. The van der Waals surface area contributed by atoms with Crippen LogP contribution in [0.4, 0.5) is 0 Å². The summed E-state index contributed by atoms with van der Waals surface area (Å²) in [7, 11) is 1.68. The van der Waals surface area contributed by atoms with E-state index >= 15 is 0 Å². The molecule has 2 fully saturated rings. The topological polar surface area (TPSA) is 53.6 Å². The summed E-state index contributed by atoms with van der Waals surface area (Å²) >= 11 is 0. The second-order valence-electron chi connectivity index (χ2n) is 6.91. The Morgan fingerprint density at radius 1 is 1.19 bits per heavy atom. The minimum absolute atomic E-state index is 0. The Labute approximate surface area is 169 Å². The van der Waals surface area contributed by atoms with E-state index < -0.39 is 0 Å². The monoisotopic (exact) mass is 403 g/mol. The Balaban J connectivity index is 0.00000169. The summed E-state index contributed by atoms with van der Waals surface area (Å²) in [4.78, 5) is 14.6. The molecule has 1 aromatic rings. The van der Waals surface area contributed by atoms with E-state index in [1.807, 2.05) is 12.1 Å². The number of ether oxygens (including phenoxy) is 1. The molecule has 7 heteroatoms. The summed E-state index contributed by atoms with van der Waals surface area (Å²) in [5, 5.41) is 6.36. The third-order valence-corrected chi connectivity index (χ3v) is 4.99. The number of nitrogens with zero attached hydrogens (tertiary/aromatic N) is 1. The molecule has 1 saturated heterocycles. The van der Waals surface area contributed by atoms with Gasteiger partial charge in [0.1, 0.15) is 5.75 Å². The highest BCUT2D eigenvalue weighted by molar-refractivity contribution is 5.85. The Morgan fingerprint density at radius 3 is 2.42 bits per heavy atom. The molecule has 1 amide bonds. The highest BCUT2D eigenvalue weighted by Gasteiger charge is 2.24. The van der Waals surface area contributed by atoms with E-state index in [9.17, 15) is 4.79 Å². The first-order valence-corrected chi connectivity index (χ1v) is 9.11. The van der Waals surface area contributed by atoms with Gasteiger partial charge in [0, 0.05) is 6.54 Å². The van der Waals surface area contributed by atoms with Crippen LogP contribution in [0.5, 0.6) is 5.75 Å². The van der Waals surface area contributed by atoms with Crippen molar-refractivity contribution in [1.29, 1.82) is 0 Å². The van der Waals surface area contributed by atoms with Gasteiger partial charge in [0.2, 0.25) is 5.91 Å². The Kier molecular flexibility index (Phi) is 10.3. The van der Waals surface area contributed by atoms with Gasteiger partial charge in [-0.2, -0.15) is 0 Å². The second kappa shape index (κ2) is 11.7. The van der Waals surface area contributed by atoms with Crippen LogP contribution in [-0.2, 0) is 4.79 Å². The van der Waals surface area contributed by atoms with Crippen LogP contribution in [0.1, 0.15) is 37.3 Å². The summed E-state index contributed by atoms with van der Waals surface area (Å²) < 4.78 is 5.25. The molecule has 1 aliphatic carbocycles. The first kappa shape index (κ1) is 23.0. The zero-order valence-corrected chi connectivity index (χ0v) is 17.0. The van der Waals surface area contributed by atoms with Crippen LogP contribution in [0.15, 0.2) is 24.3 Å². The minimum atomic E-state index is 0. The lowest BCUT2D eigenvalue weighted by Crippen LogP contribution is -2.40. The predicted octanol–water partition coefficient (Wildman–Crippen LogP) is 2.79. The van der Waals surface area contributed by atoms with Gasteiger partial charge in [-0.25, -0.2) is 0 Å². The van der Waals surface area contributed by atoms with Crippen LogP contribution in [-0.4, -0.2) is 50.6 Å². The van der Waals surface area contributed by atoms with Gasteiger partial charge in [0.05, 0.1) is 19.7 Å². The number of halogens is 2. The number of hydrogen-bond donors (Lipinski definition) is 2. The molecule has 1 aromatic carbocycles.